The number of nitrogens with one attached hydrogen (secondary N) is 1. The van der Waals surface area contributed by atoms with Gasteiger partial charge in [-0.15, -0.1) is 0 Å². The maximum Gasteiger partial charge on any atom is 0.356 e. The minimum absolute atomic E-state index is 0.0827. The second-order valence-corrected chi connectivity index (χ2v) is 9.53. The van der Waals surface area contributed by atoms with Crippen LogP contribution in [0.15, 0.2) is 36.5 Å². The van der Waals surface area contributed by atoms with E-state index in [0.717, 1.165) is 0 Å². The third-order valence-electron chi connectivity index (χ3n) is 5.55. The average molecular weight is 389 g/mol. The molecule has 27 heavy (non-hydrogen) atoms. The number of amides is 1. The molecule has 142 valence electrons. The van der Waals surface area contributed by atoms with Gasteiger partial charge in [0.1, 0.15) is 9.84 Å². The van der Waals surface area contributed by atoms with Crippen molar-refractivity contribution in [2.45, 2.75) is 19.3 Å². The molecule has 1 amide bonds. The van der Waals surface area contributed by atoms with Gasteiger partial charge < -0.3 is 10.4 Å². The topological polar surface area (TPSA) is 118 Å². The van der Waals surface area contributed by atoms with Crippen LogP contribution >= 0.6 is 0 Å². The quantitative estimate of drug-likeness (QED) is 0.822. The molecule has 1 unspecified atom stereocenters. The Kier molecular flexibility index (Phi) is 4.06. The maximum atomic E-state index is 12.7. The van der Waals surface area contributed by atoms with Crippen LogP contribution in [0.25, 0.3) is 5.69 Å². The molecule has 1 spiro atoms. The first kappa shape index (κ1) is 17.7. The van der Waals surface area contributed by atoms with E-state index in [1.807, 2.05) is 0 Å². The van der Waals surface area contributed by atoms with E-state index in [9.17, 15) is 18.0 Å². The molecule has 1 aromatic heterocycles. The lowest BCUT2D eigenvalue weighted by atomic mass is 9.96. The number of para-hydroxylation sites is 2. The van der Waals surface area contributed by atoms with Crippen LogP contribution in [0.4, 0.5) is 5.69 Å². The Morgan fingerprint density at radius 2 is 1.89 bits per heavy atom. The first-order chi connectivity index (χ1) is 12.8. The van der Waals surface area contributed by atoms with Crippen molar-refractivity contribution in [3.05, 3.63) is 42.2 Å². The highest BCUT2D eigenvalue weighted by Crippen LogP contribution is 2.60. The Bertz CT molecular complexity index is 1010. The van der Waals surface area contributed by atoms with Crippen molar-refractivity contribution in [1.29, 1.82) is 0 Å². The number of benzene rings is 1. The summed E-state index contributed by atoms with van der Waals surface area (Å²) in [4.78, 5) is 23.8. The Morgan fingerprint density at radius 1 is 1.19 bits per heavy atom. The standard InChI is InChI=1S/C18H19N3O5S/c22-16(12-11-18(12)6-9-27(25,26)10-7-18)19-13-3-1-2-4-15(13)21-8-5-14(20-21)17(23)24/h1-5,8,12H,6-7,9-11H2,(H,19,22)(H,23,24). The summed E-state index contributed by atoms with van der Waals surface area (Å²) in [5.74, 6) is -1.14. The van der Waals surface area contributed by atoms with Crippen molar-refractivity contribution in [2.75, 3.05) is 16.8 Å². The van der Waals surface area contributed by atoms with Crippen LogP contribution in [-0.2, 0) is 14.6 Å². The van der Waals surface area contributed by atoms with E-state index < -0.39 is 15.8 Å². The fourth-order valence-electron chi connectivity index (χ4n) is 3.79. The van der Waals surface area contributed by atoms with Crippen molar-refractivity contribution >= 4 is 27.4 Å². The first-order valence-electron chi connectivity index (χ1n) is 8.69. The van der Waals surface area contributed by atoms with Crippen LogP contribution in [0.1, 0.15) is 29.8 Å². The van der Waals surface area contributed by atoms with Crippen molar-refractivity contribution in [1.82, 2.24) is 9.78 Å². The van der Waals surface area contributed by atoms with Crippen LogP contribution in [0.5, 0.6) is 0 Å². The summed E-state index contributed by atoms with van der Waals surface area (Å²) in [7, 11) is -2.96. The van der Waals surface area contributed by atoms with Crippen molar-refractivity contribution in [3.8, 4) is 5.69 Å². The number of rotatable bonds is 4. The number of hydrogen-bond donors (Lipinski definition) is 2. The number of aromatic carboxylic acids is 1. The summed E-state index contributed by atoms with van der Waals surface area (Å²) in [6.45, 7) is 0. The highest BCUT2D eigenvalue weighted by molar-refractivity contribution is 7.91. The number of carboxylic acids is 1. The zero-order valence-electron chi connectivity index (χ0n) is 14.5. The summed E-state index contributed by atoms with van der Waals surface area (Å²) in [5, 5.41) is 15.9. The Hall–Kier alpha value is -2.68. The number of aromatic nitrogens is 2. The summed E-state index contributed by atoms with van der Waals surface area (Å²) < 4.78 is 24.7. The number of carboxylic acid groups (broad SMARTS) is 1. The van der Waals surface area contributed by atoms with Crippen LogP contribution in [0.3, 0.4) is 0 Å². The van der Waals surface area contributed by atoms with Gasteiger partial charge in [0.15, 0.2) is 5.69 Å². The molecule has 1 aliphatic carbocycles. The van der Waals surface area contributed by atoms with Gasteiger partial charge in [0.2, 0.25) is 5.91 Å². The monoisotopic (exact) mass is 389 g/mol. The lowest BCUT2D eigenvalue weighted by molar-refractivity contribution is -0.118. The zero-order chi connectivity index (χ0) is 19.2. The zero-order valence-corrected chi connectivity index (χ0v) is 15.3. The van der Waals surface area contributed by atoms with E-state index in [1.165, 1.54) is 16.9 Å². The Labute approximate surface area is 156 Å². The molecule has 9 heteroatoms. The van der Waals surface area contributed by atoms with E-state index in [0.29, 0.717) is 30.6 Å². The number of nitrogens with zero attached hydrogens (tertiary/aromatic N) is 2. The summed E-state index contributed by atoms with van der Waals surface area (Å²) >= 11 is 0. The number of hydrogen-bond acceptors (Lipinski definition) is 5. The predicted octanol–water partition coefficient (Wildman–Crippen LogP) is 1.72. The van der Waals surface area contributed by atoms with E-state index in [2.05, 4.69) is 10.4 Å². The van der Waals surface area contributed by atoms with Gasteiger partial charge in [-0.2, -0.15) is 5.10 Å². The number of carbonyl (C=O) groups is 2. The van der Waals surface area contributed by atoms with Gasteiger partial charge in [0.05, 0.1) is 22.9 Å². The molecule has 2 aliphatic rings. The van der Waals surface area contributed by atoms with E-state index in [4.69, 9.17) is 5.11 Å². The molecular formula is C18H19N3O5S. The van der Waals surface area contributed by atoms with Gasteiger partial charge in [-0.05, 0) is 42.9 Å². The van der Waals surface area contributed by atoms with Gasteiger partial charge in [-0.25, -0.2) is 17.9 Å². The van der Waals surface area contributed by atoms with Crippen LogP contribution in [0.2, 0.25) is 0 Å². The molecule has 0 bridgehead atoms. The van der Waals surface area contributed by atoms with Gasteiger partial charge in [0, 0.05) is 12.1 Å². The lowest BCUT2D eigenvalue weighted by Gasteiger charge is -2.22. The minimum Gasteiger partial charge on any atom is -0.476 e. The Morgan fingerprint density at radius 3 is 2.56 bits per heavy atom. The SMILES string of the molecule is O=C(O)c1ccn(-c2ccccc2NC(=O)C2CC23CCS(=O)(=O)CC3)n1. The van der Waals surface area contributed by atoms with Crippen LogP contribution in [-0.4, -0.2) is 46.7 Å². The molecule has 2 fully saturated rings. The van der Waals surface area contributed by atoms with Gasteiger partial charge in [-0.3, -0.25) is 4.79 Å². The highest BCUT2D eigenvalue weighted by atomic mass is 32.2. The molecule has 0 radical (unpaired) electrons. The van der Waals surface area contributed by atoms with Crippen molar-refractivity contribution < 1.29 is 23.1 Å². The molecule has 1 aliphatic heterocycles. The highest BCUT2D eigenvalue weighted by Gasteiger charge is 2.59. The predicted molar refractivity (Wildman–Crippen MR) is 97.6 cm³/mol. The summed E-state index contributed by atoms with van der Waals surface area (Å²) in [5.41, 5.74) is 0.833. The molecule has 1 saturated heterocycles. The average Bonchev–Trinajstić information content (AvgIpc) is 3.11. The third kappa shape index (κ3) is 3.34. The fraction of sp³-hybridized carbons (Fsp3) is 0.389. The van der Waals surface area contributed by atoms with E-state index in [-0.39, 0.29) is 34.4 Å². The Balaban J connectivity index is 1.51. The first-order valence-corrected chi connectivity index (χ1v) is 10.5. The van der Waals surface area contributed by atoms with Gasteiger partial charge >= 0.3 is 5.97 Å². The van der Waals surface area contributed by atoms with Crippen LogP contribution in [0, 0.1) is 11.3 Å². The summed E-state index contributed by atoms with van der Waals surface area (Å²) in [6.07, 6.45) is 3.31. The molecule has 8 nitrogen and oxygen atoms in total. The molecule has 1 aromatic carbocycles. The second kappa shape index (κ2) is 6.19. The van der Waals surface area contributed by atoms with Gasteiger partial charge in [0.25, 0.3) is 0 Å². The smallest absolute Gasteiger partial charge is 0.356 e. The summed E-state index contributed by atoms with van der Waals surface area (Å²) in [6, 6.07) is 8.41. The normalized spacial score (nSPS) is 22.3. The molecule has 4 rings (SSSR count). The van der Waals surface area contributed by atoms with Crippen molar-refractivity contribution in [2.24, 2.45) is 11.3 Å². The third-order valence-corrected chi connectivity index (χ3v) is 7.20. The second-order valence-electron chi connectivity index (χ2n) is 7.23. The van der Waals surface area contributed by atoms with Crippen molar-refractivity contribution in [3.63, 3.8) is 0 Å². The number of anilines is 1. The number of carbonyl (C=O) groups excluding carboxylic acids is 1. The molecule has 1 saturated carbocycles. The molecule has 1 atom stereocenters. The maximum absolute atomic E-state index is 12.7. The minimum atomic E-state index is -2.96. The van der Waals surface area contributed by atoms with Gasteiger partial charge in [-0.1, -0.05) is 12.1 Å². The molecular weight excluding hydrogens is 370 g/mol. The molecule has 2 N–H and O–H groups in total. The van der Waals surface area contributed by atoms with E-state index >= 15 is 0 Å². The fourth-order valence-corrected chi connectivity index (χ4v) is 5.43. The van der Waals surface area contributed by atoms with E-state index in [1.54, 1.807) is 24.3 Å². The largest absolute Gasteiger partial charge is 0.476 e. The van der Waals surface area contributed by atoms with Crippen LogP contribution < -0.4 is 5.32 Å². The lowest BCUT2D eigenvalue weighted by Crippen LogP contribution is -2.28. The number of sulfone groups is 1. The molecule has 2 aromatic rings. The molecule has 2 heterocycles.